The van der Waals surface area contributed by atoms with Crippen LogP contribution in [0.15, 0.2) is 18.3 Å². The van der Waals surface area contributed by atoms with Crippen molar-refractivity contribution in [2.75, 3.05) is 19.6 Å². The molecule has 0 saturated heterocycles. The quantitative estimate of drug-likeness (QED) is 0.733. The molecule has 0 N–H and O–H groups in total. The van der Waals surface area contributed by atoms with Crippen molar-refractivity contribution in [1.82, 2.24) is 19.4 Å². The van der Waals surface area contributed by atoms with Crippen molar-refractivity contribution in [1.29, 1.82) is 0 Å². The van der Waals surface area contributed by atoms with E-state index in [1.165, 1.54) is 6.42 Å². The Balaban J connectivity index is 2.25. The number of halogens is 1. The molecule has 0 fully saturated rings. The first-order valence-electron chi connectivity index (χ1n) is 7.34. The van der Waals surface area contributed by atoms with E-state index in [1.807, 2.05) is 25.3 Å². The summed E-state index contributed by atoms with van der Waals surface area (Å²) >= 11 is 6.27. The predicted octanol–water partition coefficient (Wildman–Crippen LogP) is 3.46. The van der Waals surface area contributed by atoms with Gasteiger partial charge in [0.15, 0.2) is 5.65 Å². The van der Waals surface area contributed by atoms with Crippen molar-refractivity contribution >= 4 is 22.8 Å². The normalized spacial score (nSPS) is 13.2. The molecule has 0 aliphatic heterocycles. The van der Waals surface area contributed by atoms with Crippen LogP contribution in [-0.4, -0.2) is 39.1 Å². The van der Waals surface area contributed by atoms with Gasteiger partial charge in [0.1, 0.15) is 11.3 Å². The third-order valence-corrected chi connectivity index (χ3v) is 3.71. The number of nitrogens with zero attached hydrogens (tertiary/aromatic N) is 4. The highest BCUT2D eigenvalue weighted by Gasteiger charge is 2.15. The van der Waals surface area contributed by atoms with Crippen LogP contribution in [0.1, 0.15) is 38.4 Å². The van der Waals surface area contributed by atoms with Crippen LogP contribution in [0.4, 0.5) is 0 Å². The number of rotatable bonds is 7. The Bertz CT molecular complexity index is 550. The minimum Gasteiger partial charge on any atom is -0.310 e. The van der Waals surface area contributed by atoms with Gasteiger partial charge in [-0.3, -0.25) is 0 Å². The predicted molar refractivity (Wildman–Crippen MR) is 84.2 cm³/mol. The molecule has 4 nitrogen and oxygen atoms in total. The van der Waals surface area contributed by atoms with Crippen molar-refractivity contribution in [3.8, 4) is 0 Å². The van der Waals surface area contributed by atoms with Crippen LogP contribution in [0.5, 0.6) is 0 Å². The van der Waals surface area contributed by atoms with Gasteiger partial charge in [0.05, 0.1) is 5.38 Å². The summed E-state index contributed by atoms with van der Waals surface area (Å²) < 4.78 is 2.16. The molecule has 0 spiro atoms. The molecule has 0 saturated carbocycles. The SMILES string of the molecule is CCCN(CC)CCn1c(C(C)Cl)nc2cccnc21. The average Bonchev–Trinajstić information content (AvgIpc) is 2.82. The van der Waals surface area contributed by atoms with Crippen molar-refractivity contribution in [3.63, 3.8) is 0 Å². The van der Waals surface area contributed by atoms with E-state index in [1.54, 1.807) is 0 Å². The first-order valence-corrected chi connectivity index (χ1v) is 7.78. The van der Waals surface area contributed by atoms with Crippen LogP contribution in [0.25, 0.3) is 11.2 Å². The molecular weight excluding hydrogens is 272 g/mol. The van der Waals surface area contributed by atoms with E-state index in [-0.39, 0.29) is 5.38 Å². The van der Waals surface area contributed by atoms with Gasteiger partial charge in [0.2, 0.25) is 0 Å². The number of pyridine rings is 1. The number of hydrogen-bond acceptors (Lipinski definition) is 3. The lowest BCUT2D eigenvalue weighted by molar-refractivity contribution is 0.276. The first kappa shape index (κ1) is 15.3. The Hall–Kier alpha value is -1.13. The fraction of sp³-hybridized carbons (Fsp3) is 0.600. The maximum Gasteiger partial charge on any atom is 0.160 e. The molecule has 2 aromatic rings. The van der Waals surface area contributed by atoms with Crippen LogP contribution >= 0.6 is 11.6 Å². The maximum atomic E-state index is 6.27. The summed E-state index contributed by atoms with van der Waals surface area (Å²) in [5.74, 6) is 0.910. The zero-order chi connectivity index (χ0) is 14.5. The van der Waals surface area contributed by atoms with Gasteiger partial charge in [-0.1, -0.05) is 13.8 Å². The largest absolute Gasteiger partial charge is 0.310 e. The smallest absolute Gasteiger partial charge is 0.160 e. The van der Waals surface area contributed by atoms with Gasteiger partial charge in [-0.25, -0.2) is 9.97 Å². The molecule has 0 aliphatic rings. The summed E-state index contributed by atoms with van der Waals surface area (Å²) in [5, 5.41) is -0.106. The molecule has 20 heavy (non-hydrogen) atoms. The van der Waals surface area contributed by atoms with Gasteiger partial charge >= 0.3 is 0 Å². The van der Waals surface area contributed by atoms with Crippen LogP contribution < -0.4 is 0 Å². The molecule has 2 rings (SSSR count). The molecule has 2 aromatic heterocycles. The number of likely N-dealkylation sites (N-methyl/N-ethyl adjacent to an activating group) is 1. The highest BCUT2D eigenvalue weighted by Crippen LogP contribution is 2.23. The number of hydrogen-bond donors (Lipinski definition) is 0. The minimum atomic E-state index is -0.106. The van der Waals surface area contributed by atoms with Gasteiger partial charge < -0.3 is 9.47 Å². The molecule has 1 unspecified atom stereocenters. The van der Waals surface area contributed by atoms with Gasteiger partial charge in [-0.2, -0.15) is 0 Å². The summed E-state index contributed by atoms with van der Waals surface area (Å²) in [6.07, 6.45) is 2.99. The summed E-state index contributed by atoms with van der Waals surface area (Å²) in [7, 11) is 0. The first-order chi connectivity index (χ1) is 9.67. The fourth-order valence-electron chi connectivity index (χ4n) is 2.49. The van der Waals surface area contributed by atoms with Gasteiger partial charge in [0, 0.05) is 19.3 Å². The van der Waals surface area contributed by atoms with E-state index in [2.05, 4.69) is 33.3 Å². The van der Waals surface area contributed by atoms with E-state index < -0.39 is 0 Å². The summed E-state index contributed by atoms with van der Waals surface area (Å²) in [5.41, 5.74) is 1.86. The number of fused-ring (bicyclic) bond motifs is 1. The molecule has 0 amide bonds. The summed E-state index contributed by atoms with van der Waals surface area (Å²) in [6.45, 7) is 10.5. The van der Waals surface area contributed by atoms with Crippen LogP contribution in [0.3, 0.4) is 0 Å². The second kappa shape index (κ2) is 7.04. The van der Waals surface area contributed by atoms with Gasteiger partial charge in [0.25, 0.3) is 0 Å². The second-order valence-corrected chi connectivity index (χ2v) is 5.67. The Morgan fingerprint density at radius 2 is 2.15 bits per heavy atom. The molecule has 0 aromatic carbocycles. The number of alkyl halides is 1. The zero-order valence-corrected chi connectivity index (χ0v) is 13.3. The molecule has 0 aliphatic carbocycles. The third kappa shape index (κ3) is 3.30. The van der Waals surface area contributed by atoms with E-state index in [4.69, 9.17) is 11.6 Å². The van der Waals surface area contributed by atoms with E-state index in [0.717, 1.165) is 43.2 Å². The van der Waals surface area contributed by atoms with Gasteiger partial charge in [-0.05, 0) is 38.6 Å². The highest BCUT2D eigenvalue weighted by atomic mass is 35.5. The molecule has 5 heteroatoms. The number of imidazole rings is 1. The second-order valence-electron chi connectivity index (χ2n) is 5.02. The van der Waals surface area contributed by atoms with Crippen LogP contribution in [0, 0.1) is 0 Å². The minimum absolute atomic E-state index is 0.106. The lowest BCUT2D eigenvalue weighted by atomic mass is 10.3. The van der Waals surface area contributed by atoms with Crippen molar-refractivity contribution in [2.45, 2.75) is 39.1 Å². The molecular formula is C15H23ClN4. The Morgan fingerprint density at radius 3 is 2.80 bits per heavy atom. The molecule has 0 radical (unpaired) electrons. The lowest BCUT2D eigenvalue weighted by Crippen LogP contribution is -2.28. The summed E-state index contributed by atoms with van der Waals surface area (Å²) in [4.78, 5) is 11.5. The monoisotopic (exact) mass is 294 g/mol. The Morgan fingerprint density at radius 1 is 1.35 bits per heavy atom. The maximum absolute atomic E-state index is 6.27. The average molecular weight is 295 g/mol. The van der Waals surface area contributed by atoms with Crippen molar-refractivity contribution in [2.24, 2.45) is 0 Å². The fourth-order valence-corrected chi connectivity index (χ4v) is 2.65. The third-order valence-electron chi connectivity index (χ3n) is 3.52. The van der Waals surface area contributed by atoms with E-state index in [9.17, 15) is 0 Å². The highest BCUT2D eigenvalue weighted by molar-refractivity contribution is 6.20. The number of aromatic nitrogens is 3. The van der Waals surface area contributed by atoms with E-state index >= 15 is 0 Å². The van der Waals surface area contributed by atoms with Crippen LogP contribution in [-0.2, 0) is 6.54 Å². The zero-order valence-electron chi connectivity index (χ0n) is 12.5. The van der Waals surface area contributed by atoms with E-state index in [0.29, 0.717) is 0 Å². The standard InChI is InChI=1S/C15H23ClN4/c1-4-9-19(5-2)10-11-20-14(12(3)16)18-13-7-6-8-17-15(13)20/h6-8,12H,4-5,9-11H2,1-3H3. The molecule has 1 atom stereocenters. The molecule has 2 heterocycles. The van der Waals surface area contributed by atoms with Gasteiger partial charge in [-0.15, -0.1) is 11.6 Å². The summed E-state index contributed by atoms with van der Waals surface area (Å²) in [6, 6.07) is 3.91. The van der Waals surface area contributed by atoms with Crippen molar-refractivity contribution in [3.05, 3.63) is 24.2 Å². The lowest BCUT2D eigenvalue weighted by Gasteiger charge is -2.20. The Kier molecular flexibility index (Phi) is 5.38. The van der Waals surface area contributed by atoms with Crippen molar-refractivity contribution < 1.29 is 0 Å². The molecule has 110 valence electrons. The van der Waals surface area contributed by atoms with Crippen LogP contribution in [0.2, 0.25) is 0 Å². The molecule has 0 bridgehead atoms. The topological polar surface area (TPSA) is 34.0 Å². The Labute approximate surface area is 125 Å².